The van der Waals surface area contributed by atoms with E-state index < -0.39 is 0 Å². The van der Waals surface area contributed by atoms with Crippen LogP contribution in [0, 0.1) is 5.92 Å². The Hall–Kier alpha value is -0.780. The summed E-state index contributed by atoms with van der Waals surface area (Å²) >= 11 is 0. The van der Waals surface area contributed by atoms with E-state index in [9.17, 15) is 0 Å². The number of allylic oxidation sites excluding steroid dienone is 3. The van der Waals surface area contributed by atoms with Gasteiger partial charge in [0.1, 0.15) is 0 Å². The third-order valence-corrected chi connectivity index (χ3v) is 3.05. The second kappa shape index (κ2) is 27.5. The van der Waals surface area contributed by atoms with Gasteiger partial charge in [-0.3, -0.25) is 0 Å². The summed E-state index contributed by atoms with van der Waals surface area (Å²) in [5, 5.41) is 0. The topological polar surface area (TPSA) is 0 Å². The van der Waals surface area contributed by atoms with Crippen LogP contribution < -0.4 is 0 Å². The Bertz CT molecular complexity index is 202. The fourth-order valence-electron chi connectivity index (χ4n) is 1.49. The van der Waals surface area contributed by atoms with Crippen LogP contribution in [0.15, 0.2) is 37.0 Å². The van der Waals surface area contributed by atoms with Crippen molar-refractivity contribution in [1.29, 1.82) is 0 Å². The van der Waals surface area contributed by atoms with Gasteiger partial charge in [0.25, 0.3) is 0 Å². The van der Waals surface area contributed by atoms with Crippen molar-refractivity contribution in [3.05, 3.63) is 37.0 Å². The van der Waals surface area contributed by atoms with Crippen LogP contribution >= 0.6 is 0 Å². The molecule has 0 aromatic carbocycles. The Kier molecular flexibility index (Phi) is 37.2. The molecule has 0 heteroatoms. The molecule has 0 N–H and O–H groups in total. The summed E-state index contributed by atoms with van der Waals surface area (Å²) in [4.78, 5) is 0. The molecule has 0 amide bonds. The third-order valence-electron chi connectivity index (χ3n) is 3.05. The fourth-order valence-corrected chi connectivity index (χ4v) is 1.49. The lowest BCUT2D eigenvalue weighted by molar-refractivity contribution is 0.737. The van der Waals surface area contributed by atoms with Gasteiger partial charge in [0.05, 0.1) is 0 Å². The first-order valence-electron chi connectivity index (χ1n) is 8.88. The molecule has 0 aromatic heterocycles. The van der Waals surface area contributed by atoms with Crippen molar-refractivity contribution < 1.29 is 0 Å². The third kappa shape index (κ3) is 24.6. The van der Waals surface area contributed by atoms with Crippen molar-refractivity contribution in [1.82, 2.24) is 0 Å². The van der Waals surface area contributed by atoms with Crippen LogP contribution in [0.1, 0.15) is 93.9 Å². The molecule has 0 bridgehead atoms. The highest BCUT2D eigenvalue weighted by Gasteiger charge is 2.17. The van der Waals surface area contributed by atoms with E-state index in [1.165, 1.54) is 37.7 Å². The molecular formula is C21H44. The largest absolute Gasteiger partial charge is 0.106 e. The zero-order valence-corrected chi connectivity index (χ0v) is 16.5. The minimum Gasteiger partial charge on any atom is -0.106 e. The van der Waals surface area contributed by atoms with Gasteiger partial charge in [-0.25, -0.2) is 0 Å². The Labute approximate surface area is 137 Å². The van der Waals surface area contributed by atoms with E-state index >= 15 is 0 Å². The summed E-state index contributed by atoms with van der Waals surface area (Å²) in [7, 11) is 0. The number of rotatable bonds is 2. The highest BCUT2D eigenvalue weighted by molar-refractivity contribution is 5.23. The molecule has 0 heterocycles. The molecule has 1 unspecified atom stereocenters. The van der Waals surface area contributed by atoms with Crippen molar-refractivity contribution in [2.24, 2.45) is 5.92 Å². The lowest BCUT2D eigenvalue weighted by Gasteiger charge is -1.99. The number of hydrogen-bond donors (Lipinski definition) is 0. The first-order valence-corrected chi connectivity index (χ1v) is 8.88. The van der Waals surface area contributed by atoms with Gasteiger partial charge in [0.15, 0.2) is 0 Å². The summed E-state index contributed by atoms with van der Waals surface area (Å²) in [6, 6.07) is 0. The van der Waals surface area contributed by atoms with Crippen LogP contribution in [0.5, 0.6) is 0 Å². The van der Waals surface area contributed by atoms with Gasteiger partial charge in [-0.15, -0.1) is 13.2 Å². The number of unbranched alkanes of at least 4 members (excludes halogenated alkanes) is 2. The Morgan fingerprint density at radius 1 is 0.952 bits per heavy atom. The zero-order valence-electron chi connectivity index (χ0n) is 16.5. The molecule has 0 saturated heterocycles. The molecule has 0 nitrogen and oxygen atoms in total. The van der Waals surface area contributed by atoms with Crippen LogP contribution in [-0.2, 0) is 0 Å². The molecule has 1 fully saturated rings. The molecule has 0 aromatic rings. The van der Waals surface area contributed by atoms with E-state index in [1.54, 1.807) is 5.57 Å². The maximum absolute atomic E-state index is 3.96. The smallest absolute Gasteiger partial charge is 0.0108 e. The van der Waals surface area contributed by atoms with Gasteiger partial charge in [-0.2, -0.15) is 0 Å². The monoisotopic (exact) mass is 296 g/mol. The van der Waals surface area contributed by atoms with Crippen LogP contribution in [0.25, 0.3) is 0 Å². The Balaban J connectivity index is -0.000000103. The lowest BCUT2D eigenvalue weighted by atomic mass is 10.1. The number of hydrogen-bond acceptors (Lipinski definition) is 0. The van der Waals surface area contributed by atoms with E-state index in [0.29, 0.717) is 0 Å². The molecule has 21 heavy (non-hydrogen) atoms. The average molecular weight is 297 g/mol. The summed E-state index contributed by atoms with van der Waals surface area (Å²) in [6.07, 6.45) is 9.86. The normalized spacial score (nSPS) is 17.0. The quantitative estimate of drug-likeness (QED) is 0.449. The molecule has 1 aliphatic rings. The first kappa shape index (κ1) is 28.4. The molecular weight excluding hydrogens is 252 g/mol. The second-order valence-electron chi connectivity index (χ2n) is 4.90. The van der Waals surface area contributed by atoms with Crippen molar-refractivity contribution in [2.75, 3.05) is 0 Å². The highest BCUT2D eigenvalue weighted by atomic mass is 14.2. The molecule has 128 valence electrons. The van der Waals surface area contributed by atoms with Gasteiger partial charge < -0.3 is 0 Å². The van der Waals surface area contributed by atoms with Crippen molar-refractivity contribution in [3.63, 3.8) is 0 Å². The minimum absolute atomic E-state index is 0.766. The van der Waals surface area contributed by atoms with E-state index in [1.807, 2.05) is 13.8 Å². The molecule has 1 aliphatic carbocycles. The summed E-state index contributed by atoms with van der Waals surface area (Å²) in [6.45, 7) is 27.1. The molecule has 1 atom stereocenters. The van der Waals surface area contributed by atoms with Crippen LogP contribution in [0.4, 0.5) is 0 Å². The highest BCUT2D eigenvalue weighted by Crippen LogP contribution is 2.33. The minimum atomic E-state index is 0.766. The van der Waals surface area contributed by atoms with Crippen molar-refractivity contribution in [2.45, 2.75) is 93.9 Å². The van der Waals surface area contributed by atoms with Crippen LogP contribution in [0.3, 0.4) is 0 Å². The molecule has 1 rings (SSSR count). The van der Waals surface area contributed by atoms with Gasteiger partial charge >= 0.3 is 0 Å². The summed E-state index contributed by atoms with van der Waals surface area (Å²) in [5.74, 6) is 0.766. The SMILES string of the molecule is C=C.C=C1C/C(=C/C)C(C)C1.CC.CCCC.CCCC. The molecule has 0 radical (unpaired) electrons. The summed E-state index contributed by atoms with van der Waals surface area (Å²) in [5.41, 5.74) is 2.97. The van der Waals surface area contributed by atoms with E-state index in [0.717, 1.165) is 12.3 Å². The van der Waals surface area contributed by atoms with Crippen molar-refractivity contribution in [3.8, 4) is 0 Å². The van der Waals surface area contributed by atoms with Gasteiger partial charge in [-0.05, 0) is 25.7 Å². The van der Waals surface area contributed by atoms with Crippen LogP contribution in [0.2, 0.25) is 0 Å². The molecule has 1 saturated carbocycles. The van der Waals surface area contributed by atoms with E-state index in [2.05, 4.69) is 67.4 Å². The first-order chi connectivity index (χ1) is 10.1. The lowest BCUT2D eigenvalue weighted by Crippen LogP contribution is -1.86. The molecule has 0 aliphatic heterocycles. The summed E-state index contributed by atoms with van der Waals surface area (Å²) < 4.78 is 0. The maximum Gasteiger partial charge on any atom is -0.0108 e. The Morgan fingerprint density at radius 3 is 1.38 bits per heavy atom. The van der Waals surface area contributed by atoms with Crippen molar-refractivity contribution >= 4 is 0 Å². The predicted octanol–water partition coefficient (Wildman–Crippen LogP) is 8.36. The average Bonchev–Trinajstić information content (AvgIpc) is 2.89. The second-order valence-corrected chi connectivity index (χ2v) is 4.90. The van der Waals surface area contributed by atoms with Gasteiger partial charge in [-0.1, -0.05) is 98.0 Å². The maximum atomic E-state index is 3.96. The van der Waals surface area contributed by atoms with Gasteiger partial charge in [0.2, 0.25) is 0 Å². The van der Waals surface area contributed by atoms with Gasteiger partial charge in [0, 0.05) is 0 Å². The van der Waals surface area contributed by atoms with E-state index in [-0.39, 0.29) is 0 Å². The zero-order chi connectivity index (χ0) is 17.7. The standard InChI is InChI=1S/C9H14.2C4H10.C2H6.C2H4/c1-4-9-6-7(2)5-8(9)3;2*1-3-4-2;2*1-2/h4,8H,2,5-6H2,1,3H3;2*3-4H2,1-2H3;1-2H3;1-2H2/b9-4-;;;;. The fraction of sp³-hybridized carbons (Fsp3) is 0.714. The molecule has 0 spiro atoms. The predicted molar refractivity (Wildman–Crippen MR) is 105 cm³/mol. The Morgan fingerprint density at radius 2 is 1.29 bits per heavy atom. The van der Waals surface area contributed by atoms with Crippen LogP contribution in [-0.4, -0.2) is 0 Å². The van der Waals surface area contributed by atoms with E-state index in [4.69, 9.17) is 0 Å².